The first-order valence-electron chi connectivity index (χ1n) is 5.45. The van der Waals surface area contributed by atoms with Crippen LogP contribution >= 0.6 is 0 Å². The van der Waals surface area contributed by atoms with Gasteiger partial charge in [-0.3, -0.25) is 0 Å². The van der Waals surface area contributed by atoms with Crippen LogP contribution in [-0.2, 0) is 4.74 Å². The Labute approximate surface area is 81.8 Å². The highest BCUT2D eigenvalue weighted by molar-refractivity contribution is 4.91. The van der Waals surface area contributed by atoms with Crippen molar-refractivity contribution in [1.29, 1.82) is 0 Å². The van der Waals surface area contributed by atoms with E-state index in [9.17, 15) is 0 Å². The van der Waals surface area contributed by atoms with Crippen molar-refractivity contribution < 1.29 is 4.74 Å². The average molecular weight is 185 g/mol. The van der Waals surface area contributed by atoms with E-state index in [1.807, 2.05) is 0 Å². The molecule has 2 nitrogen and oxygen atoms in total. The third-order valence-electron chi connectivity index (χ3n) is 3.15. The second-order valence-corrected chi connectivity index (χ2v) is 4.82. The second-order valence-electron chi connectivity index (χ2n) is 4.82. The highest BCUT2D eigenvalue weighted by atomic mass is 16.5. The molecule has 2 heteroatoms. The number of rotatable bonds is 3. The summed E-state index contributed by atoms with van der Waals surface area (Å²) in [5, 5.41) is 0. The fourth-order valence-electron chi connectivity index (χ4n) is 2.06. The summed E-state index contributed by atoms with van der Waals surface area (Å²) < 4.78 is 5.75. The molecule has 1 aliphatic carbocycles. The van der Waals surface area contributed by atoms with E-state index in [1.54, 1.807) is 0 Å². The van der Waals surface area contributed by atoms with Crippen LogP contribution < -0.4 is 5.73 Å². The average Bonchev–Trinajstić information content (AvgIpc) is 2.08. The summed E-state index contributed by atoms with van der Waals surface area (Å²) in [6, 6.07) is 0.216. The molecule has 0 aliphatic heterocycles. The standard InChI is InChI=1S/C11H23NO/c1-4-8-13-9-6-5-7-11(2,3)10(9)12/h9-10H,4-8,12H2,1-3H3. The van der Waals surface area contributed by atoms with Crippen LogP contribution in [0.15, 0.2) is 0 Å². The summed E-state index contributed by atoms with van der Waals surface area (Å²) in [4.78, 5) is 0. The maximum absolute atomic E-state index is 6.17. The van der Waals surface area contributed by atoms with Crippen LogP contribution in [0.4, 0.5) is 0 Å². The van der Waals surface area contributed by atoms with E-state index in [2.05, 4.69) is 20.8 Å². The van der Waals surface area contributed by atoms with Crippen molar-refractivity contribution >= 4 is 0 Å². The summed E-state index contributed by atoms with van der Waals surface area (Å²) in [5.41, 5.74) is 6.43. The van der Waals surface area contributed by atoms with Crippen molar-refractivity contribution in [2.45, 2.75) is 58.6 Å². The molecule has 0 aromatic heterocycles. The van der Waals surface area contributed by atoms with Gasteiger partial charge in [-0.25, -0.2) is 0 Å². The molecule has 0 spiro atoms. The van der Waals surface area contributed by atoms with E-state index < -0.39 is 0 Å². The van der Waals surface area contributed by atoms with Crippen molar-refractivity contribution in [3.63, 3.8) is 0 Å². The summed E-state index contributed by atoms with van der Waals surface area (Å²) in [5.74, 6) is 0. The quantitative estimate of drug-likeness (QED) is 0.732. The van der Waals surface area contributed by atoms with Gasteiger partial charge in [-0.15, -0.1) is 0 Å². The number of hydrogen-bond donors (Lipinski definition) is 1. The zero-order valence-corrected chi connectivity index (χ0v) is 9.18. The van der Waals surface area contributed by atoms with Crippen LogP contribution in [0, 0.1) is 5.41 Å². The van der Waals surface area contributed by atoms with Gasteiger partial charge in [0.25, 0.3) is 0 Å². The highest BCUT2D eigenvalue weighted by Gasteiger charge is 2.36. The molecule has 0 aromatic carbocycles. The number of hydrogen-bond acceptors (Lipinski definition) is 2. The van der Waals surface area contributed by atoms with E-state index in [0.717, 1.165) is 19.4 Å². The topological polar surface area (TPSA) is 35.2 Å². The highest BCUT2D eigenvalue weighted by Crippen LogP contribution is 2.35. The Kier molecular flexibility index (Phi) is 3.74. The van der Waals surface area contributed by atoms with Gasteiger partial charge in [0.2, 0.25) is 0 Å². The van der Waals surface area contributed by atoms with E-state index in [0.29, 0.717) is 6.10 Å². The van der Waals surface area contributed by atoms with Gasteiger partial charge >= 0.3 is 0 Å². The van der Waals surface area contributed by atoms with Crippen LogP contribution in [-0.4, -0.2) is 18.8 Å². The minimum Gasteiger partial charge on any atom is -0.377 e. The lowest BCUT2D eigenvalue weighted by atomic mass is 9.72. The molecule has 78 valence electrons. The normalized spacial score (nSPS) is 33.2. The lowest BCUT2D eigenvalue weighted by Crippen LogP contribution is -2.50. The molecule has 0 saturated heterocycles. The monoisotopic (exact) mass is 185 g/mol. The first kappa shape index (κ1) is 11.0. The van der Waals surface area contributed by atoms with Gasteiger partial charge in [-0.2, -0.15) is 0 Å². The lowest BCUT2D eigenvalue weighted by Gasteiger charge is -2.41. The summed E-state index contributed by atoms with van der Waals surface area (Å²) in [7, 11) is 0. The van der Waals surface area contributed by atoms with Crippen molar-refractivity contribution in [3.8, 4) is 0 Å². The van der Waals surface area contributed by atoms with Gasteiger partial charge < -0.3 is 10.5 Å². The molecule has 2 atom stereocenters. The molecular formula is C11H23NO. The van der Waals surface area contributed by atoms with E-state index in [4.69, 9.17) is 10.5 Å². The fourth-order valence-corrected chi connectivity index (χ4v) is 2.06. The van der Waals surface area contributed by atoms with Gasteiger partial charge in [-0.05, 0) is 24.7 Å². The maximum atomic E-state index is 6.17. The molecule has 0 bridgehead atoms. The van der Waals surface area contributed by atoms with Gasteiger partial charge in [0, 0.05) is 12.6 Å². The fraction of sp³-hybridized carbons (Fsp3) is 1.00. The number of nitrogens with two attached hydrogens (primary N) is 1. The molecule has 0 radical (unpaired) electrons. The molecule has 1 rings (SSSR count). The molecule has 2 unspecified atom stereocenters. The van der Waals surface area contributed by atoms with Crippen molar-refractivity contribution in [2.75, 3.05) is 6.61 Å². The van der Waals surface area contributed by atoms with Crippen LogP contribution in [0.5, 0.6) is 0 Å². The first-order valence-corrected chi connectivity index (χ1v) is 5.45. The Bertz CT molecular complexity index is 156. The minimum atomic E-state index is 0.216. The third-order valence-corrected chi connectivity index (χ3v) is 3.15. The predicted octanol–water partition coefficient (Wildman–Crippen LogP) is 2.32. The molecule has 13 heavy (non-hydrogen) atoms. The van der Waals surface area contributed by atoms with Gasteiger partial charge in [0.05, 0.1) is 6.10 Å². The summed E-state index contributed by atoms with van der Waals surface area (Å²) in [6.45, 7) is 7.49. The van der Waals surface area contributed by atoms with E-state index >= 15 is 0 Å². The van der Waals surface area contributed by atoms with Gasteiger partial charge in [0.15, 0.2) is 0 Å². The van der Waals surface area contributed by atoms with Crippen molar-refractivity contribution in [3.05, 3.63) is 0 Å². The van der Waals surface area contributed by atoms with E-state index in [-0.39, 0.29) is 11.5 Å². The zero-order valence-electron chi connectivity index (χ0n) is 9.18. The lowest BCUT2D eigenvalue weighted by molar-refractivity contribution is -0.0239. The van der Waals surface area contributed by atoms with Crippen LogP contribution in [0.3, 0.4) is 0 Å². The zero-order chi connectivity index (χ0) is 9.90. The molecule has 2 N–H and O–H groups in total. The van der Waals surface area contributed by atoms with E-state index in [1.165, 1.54) is 12.8 Å². The second kappa shape index (κ2) is 4.43. The Morgan fingerprint density at radius 3 is 2.77 bits per heavy atom. The minimum absolute atomic E-state index is 0.216. The Hall–Kier alpha value is -0.0800. The molecule has 0 heterocycles. The Morgan fingerprint density at radius 2 is 2.15 bits per heavy atom. The smallest absolute Gasteiger partial charge is 0.0731 e. The molecular weight excluding hydrogens is 162 g/mol. The number of ether oxygens (including phenoxy) is 1. The van der Waals surface area contributed by atoms with Gasteiger partial charge in [0.1, 0.15) is 0 Å². The van der Waals surface area contributed by atoms with Crippen LogP contribution in [0.1, 0.15) is 46.5 Å². The van der Waals surface area contributed by atoms with Crippen LogP contribution in [0.2, 0.25) is 0 Å². The van der Waals surface area contributed by atoms with Gasteiger partial charge in [-0.1, -0.05) is 27.2 Å². The summed E-state index contributed by atoms with van der Waals surface area (Å²) >= 11 is 0. The largest absolute Gasteiger partial charge is 0.377 e. The molecule has 1 saturated carbocycles. The molecule has 0 amide bonds. The van der Waals surface area contributed by atoms with Crippen molar-refractivity contribution in [2.24, 2.45) is 11.1 Å². The molecule has 1 fully saturated rings. The Balaban J connectivity index is 2.45. The summed E-state index contributed by atoms with van der Waals surface area (Å²) in [6.07, 6.45) is 5.02. The Morgan fingerprint density at radius 1 is 1.46 bits per heavy atom. The predicted molar refractivity (Wildman–Crippen MR) is 55.6 cm³/mol. The first-order chi connectivity index (χ1) is 6.08. The molecule has 1 aliphatic rings. The SMILES string of the molecule is CCCOC1CCCC(C)(C)C1N. The van der Waals surface area contributed by atoms with Crippen molar-refractivity contribution in [1.82, 2.24) is 0 Å². The molecule has 0 aromatic rings. The third kappa shape index (κ3) is 2.68. The maximum Gasteiger partial charge on any atom is 0.0731 e. The van der Waals surface area contributed by atoms with Crippen LogP contribution in [0.25, 0.3) is 0 Å².